The minimum atomic E-state index is -0.656. The number of para-hydroxylation sites is 1. The molecular formula is C19H15Cl3N2O3. The smallest absolute Gasteiger partial charge is 0.266 e. The van der Waals surface area contributed by atoms with Crippen LogP contribution in [0.25, 0.3) is 6.08 Å². The Morgan fingerprint density at radius 3 is 2.44 bits per heavy atom. The van der Waals surface area contributed by atoms with Gasteiger partial charge in [-0.2, -0.15) is 5.26 Å². The van der Waals surface area contributed by atoms with Gasteiger partial charge in [0.05, 0.1) is 34.5 Å². The molecule has 0 bridgehead atoms. The molecule has 5 nitrogen and oxygen atoms in total. The summed E-state index contributed by atoms with van der Waals surface area (Å²) in [6, 6.07) is 9.85. The molecule has 2 rings (SSSR count). The third kappa shape index (κ3) is 5.08. The van der Waals surface area contributed by atoms with E-state index in [1.165, 1.54) is 13.2 Å². The van der Waals surface area contributed by atoms with Crippen molar-refractivity contribution in [2.24, 2.45) is 0 Å². The highest BCUT2D eigenvalue weighted by Crippen LogP contribution is 2.37. The average Bonchev–Trinajstić information content (AvgIpc) is 2.64. The Hall–Kier alpha value is -2.39. The van der Waals surface area contributed by atoms with Crippen LogP contribution < -0.4 is 14.8 Å². The zero-order chi connectivity index (χ0) is 20.0. The van der Waals surface area contributed by atoms with Gasteiger partial charge in [0.1, 0.15) is 11.6 Å². The number of amides is 1. The zero-order valence-corrected chi connectivity index (χ0v) is 16.7. The van der Waals surface area contributed by atoms with Gasteiger partial charge in [-0.05, 0) is 42.8 Å². The molecule has 0 heterocycles. The van der Waals surface area contributed by atoms with Crippen molar-refractivity contribution in [1.29, 1.82) is 5.26 Å². The first-order valence-corrected chi connectivity index (χ1v) is 8.92. The van der Waals surface area contributed by atoms with Crippen molar-refractivity contribution in [1.82, 2.24) is 0 Å². The van der Waals surface area contributed by atoms with E-state index >= 15 is 0 Å². The maximum atomic E-state index is 12.5. The number of rotatable bonds is 6. The van der Waals surface area contributed by atoms with Crippen LogP contribution >= 0.6 is 34.8 Å². The lowest BCUT2D eigenvalue weighted by atomic mass is 10.1. The van der Waals surface area contributed by atoms with Crippen molar-refractivity contribution in [3.63, 3.8) is 0 Å². The summed E-state index contributed by atoms with van der Waals surface area (Å²) in [5.41, 5.74) is 0.569. The second kappa shape index (κ2) is 9.52. The van der Waals surface area contributed by atoms with Crippen molar-refractivity contribution in [3.05, 3.63) is 56.5 Å². The van der Waals surface area contributed by atoms with E-state index in [1.54, 1.807) is 30.3 Å². The van der Waals surface area contributed by atoms with Crippen LogP contribution in [0.15, 0.2) is 35.9 Å². The predicted octanol–water partition coefficient (Wildman–Crippen LogP) is 5.60. The summed E-state index contributed by atoms with van der Waals surface area (Å²) in [7, 11) is 1.47. The van der Waals surface area contributed by atoms with Gasteiger partial charge in [0, 0.05) is 0 Å². The average molecular weight is 426 g/mol. The fraction of sp³-hybridized carbons (Fsp3) is 0.158. The van der Waals surface area contributed by atoms with E-state index in [2.05, 4.69) is 5.32 Å². The molecule has 0 saturated heterocycles. The fourth-order valence-corrected chi connectivity index (χ4v) is 2.99. The molecule has 27 heavy (non-hydrogen) atoms. The van der Waals surface area contributed by atoms with Gasteiger partial charge in [-0.25, -0.2) is 0 Å². The molecule has 0 aromatic heterocycles. The second-order valence-electron chi connectivity index (χ2n) is 5.19. The number of benzene rings is 2. The number of nitrogens with zero attached hydrogens (tertiary/aromatic N) is 1. The topological polar surface area (TPSA) is 71.3 Å². The molecule has 0 saturated carbocycles. The highest BCUT2D eigenvalue weighted by atomic mass is 35.5. The van der Waals surface area contributed by atoms with Crippen molar-refractivity contribution < 1.29 is 14.3 Å². The largest absolute Gasteiger partial charge is 0.493 e. The van der Waals surface area contributed by atoms with Gasteiger partial charge in [-0.1, -0.05) is 40.9 Å². The molecule has 0 unspecified atom stereocenters. The van der Waals surface area contributed by atoms with Crippen LogP contribution in [0.2, 0.25) is 15.1 Å². The summed E-state index contributed by atoms with van der Waals surface area (Å²) in [5, 5.41) is 12.7. The lowest BCUT2D eigenvalue weighted by Gasteiger charge is -2.12. The molecule has 0 aliphatic carbocycles. The number of anilines is 1. The van der Waals surface area contributed by atoms with E-state index in [0.717, 1.165) is 0 Å². The molecular weight excluding hydrogens is 411 g/mol. The lowest BCUT2D eigenvalue weighted by molar-refractivity contribution is -0.112. The summed E-state index contributed by atoms with van der Waals surface area (Å²) in [6.07, 6.45) is 1.38. The second-order valence-corrected chi connectivity index (χ2v) is 6.41. The van der Waals surface area contributed by atoms with Crippen LogP contribution in [0.1, 0.15) is 12.5 Å². The Labute approximate surface area is 172 Å². The number of hydrogen-bond acceptors (Lipinski definition) is 4. The summed E-state index contributed by atoms with van der Waals surface area (Å²) >= 11 is 18.3. The van der Waals surface area contributed by atoms with Gasteiger partial charge in [0.25, 0.3) is 5.91 Å². The third-order valence-electron chi connectivity index (χ3n) is 3.42. The van der Waals surface area contributed by atoms with Gasteiger partial charge < -0.3 is 14.8 Å². The van der Waals surface area contributed by atoms with E-state index in [9.17, 15) is 10.1 Å². The number of carbonyl (C=O) groups excluding carboxylic acids is 1. The number of nitrogens with one attached hydrogen (secondary N) is 1. The predicted molar refractivity (Wildman–Crippen MR) is 108 cm³/mol. The first-order chi connectivity index (χ1) is 12.9. The monoisotopic (exact) mass is 424 g/mol. The minimum absolute atomic E-state index is 0.159. The van der Waals surface area contributed by atoms with Crippen molar-refractivity contribution in [3.8, 4) is 17.6 Å². The molecule has 1 amide bonds. The lowest BCUT2D eigenvalue weighted by Crippen LogP contribution is -2.14. The van der Waals surface area contributed by atoms with Gasteiger partial charge in [0.2, 0.25) is 0 Å². The number of carbonyl (C=O) groups is 1. The van der Waals surface area contributed by atoms with Gasteiger partial charge in [-0.15, -0.1) is 0 Å². The van der Waals surface area contributed by atoms with Crippen LogP contribution in [0.3, 0.4) is 0 Å². The van der Waals surface area contributed by atoms with Crippen LogP contribution in [-0.4, -0.2) is 19.6 Å². The molecule has 0 radical (unpaired) electrons. The van der Waals surface area contributed by atoms with Gasteiger partial charge in [0.15, 0.2) is 11.5 Å². The molecule has 140 valence electrons. The van der Waals surface area contributed by atoms with E-state index in [1.807, 2.05) is 13.0 Å². The number of hydrogen-bond donors (Lipinski definition) is 1. The molecule has 0 fully saturated rings. The molecule has 0 spiro atoms. The summed E-state index contributed by atoms with van der Waals surface area (Å²) in [5.74, 6) is 0.128. The summed E-state index contributed by atoms with van der Waals surface area (Å²) in [4.78, 5) is 12.5. The van der Waals surface area contributed by atoms with Crippen molar-refractivity contribution >= 4 is 52.5 Å². The Bertz CT molecular complexity index is 916. The molecule has 0 aliphatic rings. The molecule has 1 N–H and O–H groups in total. The summed E-state index contributed by atoms with van der Waals surface area (Å²) in [6.45, 7) is 2.23. The normalized spacial score (nSPS) is 10.9. The number of methoxy groups -OCH3 is 1. The molecule has 2 aromatic rings. The minimum Gasteiger partial charge on any atom is -0.493 e. The first-order valence-electron chi connectivity index (χ1n) is 7.78. The van der Waals surface area contributed by atoms with E-state index in [0.29, 0.717) is 28.7 Å². The van der Waals surface area contributed by atoms with E-state index in [-0.39, 0.29) is 21.3 Å². The molecule has 0 aliphatic heterocycles. The number of ether oxygens (including phenoxy) is 2. The number of nitriles is 1. The molecule has 0 atom stereocenters. The van der Waals surface area contributed by atoms with Crippen molar-refractivity contribution in [2.75, 3.05) is 19.0 Å². The Morgan fingerprint density at radius 2 is 1.89 bits per heavy atom. The molecule has 8 heteroatoms. The quantitative estimate of drug-likeness (QED) is 0.483. The van der Waals surface area contributed by atoms with Gasteiger partial charge in [-0.3, -0.25) is 4.79 Å². The Kier molecular flexibility index (Phi) is 7.37. The standard InChI is InChI=1S/C19H15Cl3N2O3/c1-3-27-18-15(22)8-11(9-16(18)26-2)7-12(10-23)19(25)24-17-13(20)5-4-6-14(17)21/h4-9H,3H2,1-2H3,(H,24,25)/b12-7+. The Balaban J connectivity index is 2.37. The van der Waals surface area contributed by atoms with Crippen LogP contribution in [0.4, 0.5) is 5.69 Å². The highest BCUT2D eigenvalue weighted by molar-refractivity contribution is 6.40. The van der Waals surface area contributed by atoms with E-state index < -0.39 is 5.91 Å². The fourth-order valence-electron chi connectivity index (χ4n) is 2.22. The van der Waals surface area contributed by atoms with Crippen molar-refractivity contribution in [2.45, 2.75) is 6.92 Å². The van der Waals surface area contributed by atoms with Crippen LogP contribution in [0, 0.1) is 11.3 Å². The maximum absolute atomic E-state index is 12.5. The highest BCUT2D eigenvalue weighted by Gasteiger charge is 2.16. The first kappa shape index (κ1) is 20.9. The maximum Gasteiger partial charge on any atom is 0.266 e. The Morgan fingerprint density at radius 1 is 1.22 bits per heavy atom. The van der Waals surface area contributed by atoms with Gasteiger partial charge >= 0.3 is 0 Å². The van der Waals surface area contributed by atoms with E-state index in [4.69, 9.17) is 44.3 Å². The SMILES string of the molecule is CCOc1c(Cl)cc(/C=C(\C#N)C(=O)Nc2c(Cl)cccc2Cl)cc1OC. The number of halogens is 3. The molecule has 2 aromatic carbocycles. The third-order valence-corrected chi connectivity index (χ3v) is 4.33. The van der Waals surface area contributed by atoms with Crippen LogP contribution in [-0.2, 0) is 4.79 Å². The summed E-state index contributed by atoms with van der Waals surface area (Å²) < 4.78 is 10.7. The zero-order valence-electron chi connectivity index (χ0n) is 14.5. The van der Waals surface area contributed by atoms with Crippen LogP contribution in [0.5, 0.6) is 11.5 Å².